The Morgan fingerprint density at radius 3 is 2.31 bits per heavy atom. The van der Waals surface area contributed by atoms with Crippen LogP contribution >= 0.6 is 11.3 Å². The highest BCUT2D eigenvalue weighted by molar-refractivity contribution is 7.17. The van der Waals surface area contributed by atoms with Crippen molar-refractivity contribution in [2.75, 3.05) is 20.1 Å². The molecule has 0 bridgehead atoms. The van der Waals surface area contributed by atoms with Crippen LogP contribution in [0.3, 0.4) is 0 Å². The predicted molar refractivity (Wildman–Crippen MR) is 135 cm³/mol. The van der Waals surface area contributed by atoms with Gasteiger partial charge in [-0.05, 0) is 65.8 Å². The molecule has 1 atom stereocenters. The Morgan fingerprint density at radius 1 is 1.06 bits per heavy atom. The van der Waals surface area contributed by atoms with Crippen LogP contribution in [0, 0.1) is 23.2 Å². The fourth-order valence-electron chi connectivity index (χ4n) is 3.78. The SMILES string of the molecule is CC(=N)/C=C/CC(C(=O)N(C)Cc1ccc2sccc2c1)C(=O)N(CC(C)C)CC(C)C. The smallest absolute Gasteiger partial charge is 0.235 e. The molecule has 2 aromatic rings. The molecule has 2 rings (SSSR count). The highest BCUT2D eigenvalue weighted by Gasteiger charge is 2.32. The van der Waals surface area contributed by atoms with Crippen LogP contribution in [0.1, 0.15) is 46.6 Å². The Kier molecular flexibility index (Phi) is 9.63. The number of rotatable bonds is 11. The first-order valence-electron chi connectivity index (χ1n) is 11.3. The summed E-state index contributed by atoms with van der Waals surface area (Å²) in [5, 5.41) is 10.9. The van der Waals surface area contributed by atoms with E-state index in [1.165, 1.54) is 10.1 Å². The van der Waals surface area contributed by atoms with Gasteiger partial charge in [0, 0.05) is 37.1 Å². The average Bonchev–Trinajstić information content (AvgIpc) is 3.16. The molecule has 0 radical (unpaired) electrons. The molecule has 5 nitrogen and oxygen atoms in total. The first kappa shape index (κ1) is 25.8. The maximum atomic E-state index is 13.5. The van der Waals surface area contributed by atoms with Crippen LogP contribution in [0.15, 0.2) is 41.8 Å². The topological polar surface area (TPSA) is 64.5 Å². The molecule has 0 saturated carbocycles. The summed E-state index contributed by atoms with van der Waals surface area (Å²) >= 11 is 1.70. The van der Waals surface area contributed by atoms with Gasteiger partial charge in [0.25, 0.3) is 0 Å². The summed E-state index contributed by atoms with van der Waals surface area (Å²) in [4.78, 5) is 30.5. The molecule has 1 unspecified atom stereocenters. The van der Waals surface area contributed by atoms with E-state index in [2.05, 4.69) is 51.3 Å². The number of carbonyl (C=O) groups excluding carboxylic acids is 2. The van der Waals surface area contributed by atoms with Crippen LogP contribution < -0.4 is 0 Å². The van der Waals surface area contributed by atoms with Gasteiger partial charge >= 0.3 is 0 Å². The molecule has 174 valence electrons. The molecule has 2 amide bonds. The standard InChI is InChI=1S/C26H37N3O2S/c1-18(2)15-29(16-19(3)4)26(31)23(9-7-8-20(5)27)25(30)28(6)17-21-10-11-24-22(14-21)12-13-32-24/h7-8,10-14,18-19,23,27H,9,15-17H2,1-6H3/b8-7+,27-20?. The zero-order chi connectivity index (χ0) is 23.8. The summed E-state index contributed by atoms with van der Waals surface area (Å²) in [5.41, 5.74) is 1.45. The summed E-state index contributed by atoms with van der Waals surface area (Å²) < 4.78 is 1.22. The van der Waals surface area contributed by atoms with Crippen molar-refractivity contribution >= 4 is 38.9 Å². The van der Waals surface area contributed by atoms with Crippen molar-refractivity contribution in [2.45, 2.75) is 47.6 Å². The van der Waals surface area contributed by atoms with Crippen molar-refractivity contribution in [3.8, 4) is 0 Å². The maximum absolute atomic E-state index is 13.5. The van der Waals surface area contributed by atoms with Crippen molar-refractivity contribution < 1.29 is 9.59 Å². The summed E-state index contributed by atoms with van der Waals surface area (Å²) in [6.07, 6.45) is 3.73. The van der Waals surface area contributed by atoms with Crippen molar-refractivity contribution in [1.82, 2.24) is 9.80 Å². The third kappa shape index (κ3) is 7.59. The van der Waals surface area contributed by atoms with Crippen molar-refractivity contribution in [3.63, 3.8) is 0 Å². The van der Waals surface area contributed by atoms with Gasteiger partial charge in [0.1, 0.15) is 5.92 Å². The van der Waals surface area contributed by atoms with E-state index in [9.17, 15) is 9.59 Å². The van der Waals surface area contributed by atoms with E-state index in [4.69, 9.17) is 5.41 Å². The lowest BCUT2D eigenvalue weighted by atomic mass is 9.99. The molecule has 32 heavy (non-hydrogen) atoms. The van der Waals surface area contributed by atoms with Crippen LogP contribution in [-0.2, 0) is 16.1 Å². The second-order valence-corrected chi connectivity index (χ2v) is 10.3. The van der Waals surface area contributed by atoms with Gasteiger partial charge in [0.2, 0.25) is 11.8 Å². The second-order valence-electron chi connectivity index (χ2n) is 9.39. The Labute approximate surface area is 196 Å². The second kappa shape index (κ2) is 12.0. The highest BCUT2D eigenvalue weighted by Crippen LogP contribution is 2.23. The number of fused-ring (bicyclic) bond motifs is 1. The molecule has 6 heteroatoms. The molecule has 0 fully saturated rings. The van der Waals surface area contributed by atoms with Gasteiger partial charge in [-0.15, -0.1) is 11.3 Å². The summed E-state index contributed by atoms with van der Waals surface area (Å²) in [6, 6.07) is 8.31. The van der Waals surface area contributed by atoms with E-state index in [0.717, 1.165) is 5.56 Å². The zero-order valence-electron chi connectivity index (χ0n) is 20.2. The molecule has 1 aromatic heterocycles. The molecule has 0 aliphatic carbocycles. The van der Waals surface area contributed by atoms with E-state index in [0.29, 0.717) is 43.6 Å². The monoisotopic (exact) mass is 455 g/mol. The average molecular weight is 456 g/mol. The molecule has 0 aliphatic rings. The predicted octanol–water partition coefficient (Wildman–Crippen LogP) is 5.60. The zero-order valence-corrected chi connectivity index (χ0v) is 21.0. The summed E-state index contributed by atoms with van der Waals surface area (Å²) in [5.74, 6) is -0.432. The lowest BCUT2D eigenvalue weighted by Crippen LogP contribution is -2.46. The van der Waals surface area contributed by atoms with Gasteiger partial charge in [-0.2, -0.15) is 0 Å². The molecular formula is C26H37N3O2S. The van der Waals surface area contributed by atoms with E-state index >= 15 is 0 Å². The minimum atomic E-state index is -0.780. The molecule has 1 N–H and O–H groups in total. The molecule has 1 aromatic carbocycles. The molecule has 0 aliphatic heterocycles. The first-order chi connectivity index (χ1) is 15.1. The first-order valence-corrected chi connectivity index (χ1v) is 12.2. The Balaban J connectivity index is 2.24. The quantitative estimate of drug-likeness (QED) is 0.354. The van der Waals surface area contributed by atoms with Crippen molar-refractivity contribution in [2.24, 2.45) is 17.8 Å². The molecule has 0 saturated heterocycles. The molecule has 1 heterocycles. The van der Waals surface area contributed by atoms with Gasteiger partial charge in [-0.25, -0.2) is 0 Å². The van der Waals surface area contributed by atoms with Gasteiger partial charge in [-0.1, -0.05) is 39.8 Å². The Morgan fingerprint density at radius 2 is 1.72 bits per heavy atom. The lowest BCUT2D eigenvalue weighted by molar-refractivity contribution is -0.147. The fraction of sp³-hybridized carbons (Fsp3) is 0.500. The van der Waals surface area contributed by atoms with Gasteiger partial charge in [0.15, 0.2) is 0 Å². The fourth-order valence-corrected chi connectivity index (χ4v) is 4.55. The van der Waals surface area contributed by atoms with Crippen LogP contribution in [0.5, 0.6) is 0 Å². The number of amides is 2. The third-order valence-electron chi connectivity index (χ3n) is 5.13. The Hall–Kier alpha value is -2.47. The Bertz CT molecular complexity index is 951. The summed E-state index contributed by atoms with van der Waals surface area (Å²) in [6.45, 7) is 11.7. The third-order valence-corrected chi connectivity index (χ3v) is 6.03. The maximum Gasteiger partial charge on any atom is 0.235 e. The number of thiophene rings is 1. The summed E-state index contributed by atoms with van der Waals surface area (Å²) in [7, 11) is 1.77. The number of carbonyl (C=O) groups is 2. The van der Waals surface area contributed by atoms with Crippen molar-refractivity contribution in [3.05, 3.63) is 47.4 Å². The van der Waals surface area contributed by atoms with Crippen LogP contribution in [0.2, 0.25) is 0 Å². The minimum absolute atomic E-state index is 0.121. The van der Waals surface area contributed by atoms with Crippen LogP contribution in [0.4, 0.5) is 0 Å². The van der Waals surface area contributed by atoms with Crippen molar-refractivity contribution in [1.29, 1.82) is 5.41 Å². The number of benzene rings is 1. The number of nitrogens with zero attached hydrogens (tertiary/aromatic N) is 2. The lowest BCUT2D eigenvalue weighted by Gasteiger charge is -2.31. The van der Waals surface area contributed by atoms with Gasteiger partial charge < -0.3 is 15.2 Å². The minimum Gasteiger partial charge on any atom is -0.341 e. The number of nitrogens with one attached hydrogen (secondary N) is 1. The number of allylic oxidation sites excluding steroid dienone is 2. The van der Waals surface area contributed by atoms with E-state index in [-0.39, 0.29) is 11.8 Å². The van der Waals surface area contributed by atoms with Gasteiger partial charge in [-0.3, -0.25) is 9.59 Å². The van der Waals surface area contributed by atoms with Crippen LogP contribution in [0.25, 0.3) is 10.1 Å². The highest BCUT2D eigenvalue weighted by atomic mass is 32.1. The van der Waals surface area contributed by atoms with E-state index in [1.807, 2.05) is 11.0 Å². The number of hydrogen-bond acceptors (Lipinski definition) is 4. The van der Waals surface area contributed by atoms with E-state index < -0.39 is 5.92 Å². The molecular weight excluding hydrogens is 418 g/mol. The number of hydrogen-bond donors (Lipinski definition) is 1. The largest absolute Gasteiger partial charge is 0.341 e. The van der Waals surface area contributed by atoms with E-state index in [1.54, 1.807) is 42.4 Å². The van der Waals surface area contributed by atoms with Crippen LogP contribution in [-0.4, -0.2) is 47.5 Å². The molecule has 0 spiro atoms. The normalized spacial score (nSPS) is 12.6. The van der Waals surface area contributed by atoms with Gasteiger partial charge in [0.05, 0.1) is 0 Å².